The maximum Gasteiger partial charge on any atom is 0.416 e. The van der Waals surface area contributed by atoms with Crippen LogP contribution in [0.1, 0.15) is 16.7 Å². The minimum atomic E-state index is -4.37. The number of hydrogen-bond acceptors (Lipinski definition) is 2. The molecule has 0 saturated heterocycles. The largest absolute Gasteiger partial charge is 0.416 e. The highest BCUT2D eigenvalue weighted by Crippen LogP contribution is 2.32. The van der Waals surface area contributed by atoms with Gasteiger partial charge in [0.1, 0.15) is 0 Å². The Kier molecular flexibility index (Phi) is 4.42. The first-order valence-corrected chi connectivity index (χ1v) is 7.26. The van der Waals surface area contributed by atoms with E-state index in [2.05, 4.69) is 9.97 Å². The summed E-state index contributed by atoms with van der Waals surface area (Å²) in [5.74, 6) is 0. The predicted octanol–water partition coefficient (Wildman–Crippen LogP) is 5.33. The average molecular weight is 326 g/mol. The summed E-state index contributed by atoms with van der Waals surface area (Å²) < 4.78 is 38.9. The first-order chi connectivity index (χ1) is 11.5. The lowest BCUT2D eigenvalue weighted by Gasteiger charge is -2.09. The van der Waals surface area contributed by atoms with Gasteiger partial charge in [-0.15, -0.1) is 0 Å². The third-order valence-corrected chi connectivity index (χ3v) is 3.44. The molecule has 0 aliphatic rings. The van der Waals surface area contributed by atoms with E-state index in [1.54, 1.807) is 36.7 Å². The van der Waals surface area contributed by atoms with Gasteiger partial charge in [-0.2, -0.15) is 13.2 Å². The van der Waals surface area contributed by atoms with Crippen molar-refractivity contribution in [3.05, 3.63) is 83.7 Å². The van der Waals surface area contributed by atoms with Gasteiger partial charge in [0, 0.05) is 12.4 Å². The number of pyridine rings is 2. The van der Waals surface area contributed by atoms with Crippen molar-refractivity contribution in [3.8, 4) is 11.4 Å². The van der Waals surface area contributed by atoms with Crippen molar-refractivity contribution in [2.45, 2.75) is 6.18 Å². The summed E-state index contributed by atoms with van der Waals surface area (Å²) in [7, 11) is 0. The van der Waals surface area contributed by atoms with Crippen molar-refractivity contribution < 1.29 is 13.2 Å². The molecule has 0 N–H and O–H groups in total. The summed E-state index contributed by atoms with van der Waals surface area (Å²) in [6.07, 6.45) is 1.97. The number of aromatic nitrogens is 2. The molecule has 0 bridgehead atoms. The van der Waals surface area contributed by atoms with Gasteiger partial charge in [0.15, 0.2) is 0 Å². The van der Waals surface area contributed by atoms with Gasteiger partial charge in [-0.1, -0.05) is 42.5 Å². The van der Waals surface area contributed by atoms with Crippen LogP contribution in [0.3, 0.4) is 0 Å². The molecule has 3 rings (SSSR count). The Bertz CT molecular complexity index is 838. The second-order valence-corrected chi connectivity index (χ2v) is 5.11. The summed E-state index contributed by atoms with van der Waals surface area (Å²) in [5, 5.41) is 0. The molecule has 2 nitrogen and oxygen atoms in total. The third kappa shape index (κ3) is 3.68. The van der Waals surface area contributed by atoms with Crippen molar-refractivity contribution in [2.75, 3.05) is 0 Å². The minimum Gasteiger partial charge on any atom is -0.255 e. The topological polar surface area (TPSA) is 25.8 Å². The van der Waals surface area contributed by atoms with Gasteiger partial charge in [0.05, 0.1) is 17.0 Å². The zero-order chi connectivity index (χ0) is 17.0. The normalized spacial score (nSPS) is 11.8. The second kappa shape index (κ2) is 6.66. The van der Waals surface area contributed by atoms with Crippen LogP contribution in [0.4, 0.5) is 13.2 Å². The van der Waals surface area contributed by atoms with Gasteiger partial charge >= 0.3 is 6.18 Å². The number of halogens is 3. The molecule has 0 saturated carbocycles. The standard InChI is InChI=1S/C19H13F3N2/c20-19(21,22)16-6-2-1-5-15(16)10-8-14-9-11-18(24-13-14)17-7-3-4-12-23-17/h1-13H/b10-8-. The van der Waals surface area contributed by atoms with E-state index in [0.29, 0.717) is 11.3 Å². The Hall–Kier alpha value is -2.95. The van der Waals surface area contributed by atoms with E-state index in [9.17, 15) is 13.2 Å². The van der Waals surface area contributed by atoms with Crippen molar-refractivity contribution in [2.24, 2.45) is 0 Å². The zero-order valence-corrected chi connectivity index (χ0v) is 12.5. The molecule has 2 heterocycles. The summed E-state index contributed by atoms with van der Waals surface area (Å²) in [4.78, 5) is 8.50. The number of rotatable bonds is 3. The fourth-order valence-corrected chi connectivity index (χ4v) is 2.26. The van der Waals surface area contributed by atoms with Crippen LogP contribution < -0.4 is 0 Å². The summed E-state index contributed by atoms with van der Waals surface area (Å²) >= 11 is 0. The van der Waals surface area contributed by atoms with E-state index in [1.807, 2.05) is 18.2 Å². The van der Waals surface area contributed by atoms with Crippen LogP contribution in [0.15, 0.2) is 67.0 Å². The Morgan fingerprint density at radius 1 is 0.750 bits per heavy atom. The maximum atomic E-state index is 13.0. The lowest BCUT2D eigenvalue weighted by molar-refractivity contribution is -0.137. The molecule has 0 atom stereocenters. The molecular weight excluding hydrogens is 313 g/mol. The molecule has 0 amide bonds. The van der Waals surface area contributed by atoms with Crippen molar-refractivity contribution in [1.82, 2.24) is 9.97 Å². The SMILES string of the molecule is FC(F)(F)c1ccccc1/C=C\c1ccc(-c2ccccn2)nc1. The number of benzene rings is 1. The quantitative estimate of drug-likeness (QED) is 0.650. The molecule has 5 heteroatoms. The summed E-state index contributed by atoms with van der Waals surface area (Å²) in [6, 6.07) is 14.6. The first kappa shape index (κ1) is 15.9. The van der Waals surface area contributed by atoms with E-state index in [-0.39, 0.29) is 5.56 Å². The van der Waals surface area contributed by atoms with Gasteiger partial charge in [-0.25, -0.2) is 0 Å². The van der Waals surface area contributed by atoms with Crippen LogP contribution in [0.2, 0.25) is 0 Å². The molecule has 120 valence electrons. The number of hydrogen-bond donors (Lipinski definition) is 0. The third-order valence-electron chi connectivity index (χ3n) is 3.44. The molecule has 0 aliphatic heterocycles. The van der Waals surface area contributed by atoms with E-state index in [4.69, 9.17) is 0 Å². The molecular formula is C19H13F3N2. The molecule has 0 fully saturated rings. The fraction of sp³-hybridized carbons (Fsp3) is 0.0526. The Morgan fingerprint density at radius 3 is 2.17 bits per heavy atom. The van der Waals surface area contributed by atoms with Crippen molar-refractivity contribution >= 4 is 12.2 Å². The highest BCUT2D eigenvalue weighted by atomic mass is 19.4. The summed E-state index contributed by atoms with van der Waals surface area (Å²) in [6.45, 7) is 0. The molecule has 0 aliphatic carbocycles. The van der Waals surface area contributed by atoms with Crippen LogP contribution in [0.5, 0.6) is 0 Å². The number of nitrogens with zero attached hydrogens (tertiary/aromatic N) is 2. The van der Waals surface area contributed by atoms with Crippen LogP contribution >= 0.6 is 0 Å². The van der Waals surface area contributed by atoms with Gasteiger partial charge in [0.2, 0.25) is 0 Å². The van der Waals surface area contributed by atoms with E-state index >= 15 is 0 Å². The summed E-state index contributed by atoms with van der Waals surface area (Å²) in [5.41, 5.74) is 1.64. The van der Waals surface area contributed by atoms with Gasteiger partial charge in [-0.3, -0.25) is 9.97 Å². The minimum absolute atomic E-state index is 0.124. The predicted molar refractivity (Wildman–Crippen MR) is 87.8 cm³/mol. The molecule has 2 aromatic heterocycles. The molecule has 0 unspecified atom stereocenters. The average Bonchev–Trinajstić information content (AvgIpc) is 2.61. The smallest absolute Gasteiger partial charge is 0.255 e. The van der Waals surface area contributed by atoms with Gasteiger partial charge in [-0.05, 0) is 35.4 Å². The van der Waals surface area contributed by atoms with Crippen LogP contribution in [0.25, 0.3) is 23.5 Å². The monoisotopic (exact) mass is 326 g/mol. The lowest BCUT2D eigenvalue weighted by Crippen LogP contribution is -2.06. The van der Waals surface area contributed by atoms with Gasteiger partial charge < -0.3 is 0 Å². The zero-order valence-electron chi connectivity index (χ0n) is 12.5. The molecule has 24 heavy (non-hydrogen) atoms. The van der Waals surface area contributed by atoms with Crippen LogP contribution in [-0.2, 0) is 6.18 Å². The molecule has 0 spiro atoms. The van der Waals surface area contributed by atoms with Crippen LogP contribution in [-0.4, -0.2) is 9.97 Å². The highest BCUT2D eigenvalue weighted by Gasteiger charge is 2.32. The second-order valence-electron chi connectivity index (χ2n) is 5.11. The first-order valence-electron chi connectivity index (χ1n) is 7.26. The van der Waals surface area contributed by atoms with E-state index in [0.717, 1.165) is 11.8 Å². The fourth-order valence-electron chi connectivity index (χ4n) is 2.26. The van der Waals surface area contributed by atoms with Crippen molar-refractivity contribution in [1.29, 1.82) is 0 Å². The molecule has 1 aromatic carbocycles. The van der Waals surface area contributed by atoms with Gasteiger partial charge in [0.25, 0.3) is 0 Å². The maximum absolute atomic E-state index is 13.0. The molecule has 3 aromatic rings. The Labute approximate surface area is 137 Å². The van der Waals surface area contributed by atoms with Crippen molar-refractivity contribution in [3.63, 3.8) is 0 Å². The Balaban J connectivity index is 1.84. The highest BCUT2D eigenvalue weighted by molar-refractivity contribution is 5.71. The number of alkyl halides is 3. The molecule has 0 radical (unpaired) electrons. The lowest BCUT2D eigenvalue weighted by atomic mass is 10.1. The van der Waals surface area contributed by atoms with Crippen LogP contribution in [0, 0.1) is 0 Å². The Morgan fingerprint density at radius 2 is 1.50 bits per heavy atom. The van der Waals surface area contributed by atoms with E-state index < -0.39 is 11.7 Å². The van der Waals surface area contributed by atoms with E-state index in [1.165, 1.54) is 18.2 Å².